The normalized spacial score (nSPS) is 16.7. The smallest absolute Gasteiger partial charge is 0.399 e. The summed E-state index contributed by atoms with van der Waals surface area (Å²) in [6, 6.07) is 37.0. The third kappa shape index (κ3) is 3.76. The lowest BCUT2D eigenvalue weighted by molar-refractivity contribution is 0.00578. The molecule has 35 heavy (non-hydrogen) atoms. The van der Waals surface area contributed by atoms with Gasteiger partial charge < -0.3 is 9.31 Å². The van der Waals surface area contributed by atoms with Crippen molar-refractivity contribution in [2.45, 2.75) is 38.9 Å². The van der Waals surface area contributed by atoms with Gasteiger partial charge in [0.15, 0.2) is 0 Å². The molecular weight excluding hydrogens is 427 g/mol. The van der Waals surface area contributed by atoms with E-state index in [2.05, 4.69) is 131 Å². The monoisotopic (exact) mass is 456 g/mol. The molecule has 0 spiro atoms. The molecule has 1 fully saturated rings. The summed E-state index contributed by atoms with van der Waals surface area (Å²) in [5.41, 5.74) is 5.34. The molecule has 0 unspecified atom stereocenters. The van der Waals surface area contributed by atoms with Crippen LogP contribution in [0.3, 0.4) is 0 Å². The molecule has 0 saturated carbocycles. The van der Waals surface area contributed by atoms with E-state index in [0.717, 1.165) is 5.46 Å². The first kappa shape index (κ1) is 22.1. The summed E-state index contributed by atoms with van der Waals surface area (Å²) >= 11 is 0. The van der Waals surface area contributed by atoms with Crippen molar-refractivity contribution in [2.75, 3.05) is 0 Å². The Morgan fingerprint density at radius 3 is 1.74 bits per heavy atom. The highest BCUT2D eigenvalue weighted by molar-refractivity contribution is 6.62. The second-order valence-electron chi connectivity index (χ2n) is 10.5. The summed E-state index contributed by atoms with van der Waals surface area (Å²) in [5.74, 6) is 0. The van der Waals surface area contributed by atoms with Crippen LogP contribution in [-0.2, 0) is 9.31 Å². The van der Waals surface area contributed by atoms with Crippen LogP contribution in [0.1, 0.15) is 27.7 Å². The summed E-state index contributed by atoms with van der Waals surface area (Å²) in [6.07, 6.45) is 0. The molecule has 1 saturated heterocycles. The predicted octanol–water partition coefficient (Wildman–Crippen LogP) is 7.63. The minimum Gasteiger partial charge on any atom is -0.399 e. The van der Waals surface area contributed by atoms with Crippen LogP contribution in [0.5, 0.6) is 0 Å². The first-order valence-corrected chi connectivity index (χ1v) is 12.3. The summed E-state index contributed by atoms with van der Waals surface area (Å²) < 4.78 is 12.5. The van der Waals surface area contributed by atoms with Crippen LogP contribution < -0.4 is 5.46 Å². The number of hydrogen-bond acceptors (Lipinski definition) is 2. The molecule has 6 rings (SSSR count). The highest BCUT2D eigenvalue weighted by atomic mass is 16.7. The molecule has 0 radical (unpaired) electrons. The van der Waals surface area contributed by atoms with Gasteiger partial charge in [0.25, 0.3) is 0 Å². The molecule has 2 nitrogen and oxygen atoms in total. The summed E-state index contributed by atoms with van der Waals surface area (Å²) in [7, 11) is -0.349. The molecule has 5 aromatic carbocycles. The molecule has 0 aliphatic carbocycles. The summed E-state index contributed by atoms with van der Waals surface area (Å²) in [6.45, 7) is 8.36. The van der Waals surface area contributed by atoms with E-state index >= 15 is 0 Å². The van der Waals surface area contributed by atoms with E-state index in [1.165, 1.54) is 43.8 Å². The van der Waals surface area contributed by atoms with Gasteiger partial charge in [-0.3, -0.25) is 0 Å². The highest BCUT2D eigenvalue weighted by Crippen LogP contribution is 2.38. The van der Waals surface area contributed by atoms with Gasteiger partial charge >= 0.3 is 7.12 Å². The Kier molecular flexibility index (Phi) is 5.10. The van der Waals surface area contributed by atoms with Crippen LogP contribution in [0.25, 0.3) is 43.8 Å². The van der Waals surface area contributed by atoms with Crippen LogP contribution in [0, 0.1) is 0 Å². The minimum absolute atomic E-state index is 0.344. The average molecular weight is 456 g/mol. The molecule has 0 aromatic heterocycles. The maximum atomic E-state index is 6.27. The van der Waals surface area contributed by atoms with Gasteiger partial charge in [0.1, 0.15) is 0 Å². The molecule has 5 aromatic rings. The van der Waals surface area contributed by atoms with Gasteiger partial charge in [-0.05, 0) is 83.0 Å². The topological polar surface area (TPSA) is 18.5 Å². The largest absolute Gasteiger partial charge is 0.494 e. The Balaban J connectivity index is 1.40. The van der Waals surface area contributed by atoms with Gasteiger partial charge in [0.05, 0.1) is 11.2 Å². The summed E-state index contributed by atoms with van der Waals surface area (Å²) in [5, 5.41) is 4.93. The Hall–Kier alpha value is -3.40. The quantitative estimate of drug-likeness (QED) is 0.260. The van der Waals surface area contributed by atoms with Crippen molar-refractivity contribution in [3.63, 3.8) is 0 Å². The Morgan fingerprint density at radius 1 is 0.514 bits per heavy atom. The first-order chi connectivity index (χ1) is 16.8. The average Bonchev–Trinajstić information content (AvgIpc) is 3.09. The van der Waals surface area contributed by atoms with Crippen molar-refractivity contribution in [1.29, 1.82) is 0 Å². The lowest BCUT2D eigenvalue weighted by Gasteiger charge is -2.32. The number of fused-ring (bicyclic) bond motifs is 2. The fourth-order valence-electron chi connectivity index (χ4n) is 4.99. The zero-order chi connectivity index (χ0) is 24.2. The Morgan fingerprint density at radius 2 is 1.09 bits per heavy atom. The van der Waals surface area contributed by atoms with Gasteiger partial charge in [-0.25, -0.2) is 0 Å². The van der Waals surface area contributed by atoms with Crippen LogP contribution in [0.4, 0.5) is 0 Å². The second-order valence-corrected chi connectivity index (χ2v) is 10.5. The molecule has 0 bridgehead atoms. The predicted molar refractivity (Wildman–Crippen MR) is 148 cm³/mol. The molecule has 3 heteroatoms. The van der Waals surface area contributed by atoms with Gasteiger partial charge in [-0.1, -0.05) is 97.1 Å². The number of rotatable bonds is 3. The van der Waals surface area contributed by atoms with Crippen LogP contribution in [-0.4, -0.2) is 18.3 Å². The van der Waals surface area contributed by atoms with Crippen molar-refractivity contribution >= 4 is 34.1 Å². The minimum atomic E-state index is -0.349. The van der Waals surface area contributed by atoms with Gasteiger partial charge in [0, 0.05) is 0 Å². The van der Waals surface area contributed by atoms with E-state index in [-0.39, 0.29) is 18.3 Å². The molecule has 1 aliphatic rings. The zero-order valence-corrected chi connectivity index (χ0v) is 20.7. The van der Waals surface area contributed by atoms with Crippen molar-refractivity contribution < 1.29 is 9.31 Å². The van der Waals surface area contributed by atoms with E-state index in [0.29, 0.717) is 0 Å². The summed E-state index contributed by atoms with van der Waals surface area (Å²) in [4.78, 5) is 0. The van der Waals surface area contributed by atoms with E-state index in [9.17, 15) is 0 Å². The SMILES string of the molecule is CC1(C)OB(c2ccc3cc(-c4cccc5c(-c6ccccc6)cccc45)ccc3c2)OC1(C)C. The maximum Gasteiger partial charge on any atom is 0.494 e. The van der Waals surface area contributed by atoms with Crippen LogP contribution >= 0.6 is 0 Å². The van der Waals surface area contributed by atoms with Crippen molar-refractivity contribution in [2.24, 2.45) is 0 Å². The second kappa shape index (κ2) is 8.08. The number of benzene rings is 5. The van der Waals surface area contributed by atoms with Gasteiger partial charge in [-0.15, -0.1) is 0 Å². The maximum absolute atomic E-state index is 6.27. The zero-order valence-electron chi connectivity index (χ0n) is 20.7. The molecular formula is C32H29BO2. The van der Waals surface area contributed by atoms with E-state index < -0.39 is 0 Å². The standard InChI is InChI=1S/C32H29BO2/c1-31(2)32(3,4)35-33(34-31)26-19-18-23-20-25(17-16-24(23)21-26)28-13-9-14-29-27(12-8-15-30(28)29)22-10-6-5-7-11-22/h5-21H,1-4H3. The Labute approximate surface area is 207 Å². The molecule has 0 amide bonds. The molecule has 0 N–H and O–H groups in total. The highest BCUT2D eigenvalue weighted by Gasteiger charge is 2.51. The van der Waals surface area contributed by atoms with Crippen molar-refractivity contribution in [3.8, 4) is 22.3 Å². The van der Waals surface area contributed by atoms with Crippen molar-refractivity contribution in [3.05, 3.63) is 103 Å². The number of hydrogen-bond donors (Lipinski definition) is 0. The fraction of sp³-hybridized carbons (Fsp3) is 0.188. The Bertz CT molecular complexity index is 1540. The van der Waals surface area contributed by atoms with Gasteiger partial charge in [-0.2, -0.15) is 0 Å². The fourth-order valence-corrected chi connectivity index (χ4v) is 4.99. The first-order valence-electron chi connectivity index (χ1n) is 12.3. The molecule has 0 atom stereocenters. The lowest BCUT2D eigenvalue weighted by atomic mass is 9.78. The van der Waals surface area contributed by atoms with E-state index in [1.54, 1.807) is 0 Å². The van der Waals surface area contributed by atoms with E-state index in [1.807, 2.05) is 0 Å². The third-order valence-electron chi connectivity index (χ3n) is 7.71. The third-order valence-corrected chi connectivity index (χ3v) is 7.71. The van der Waals surface area contributed by atoms with Crippen molar-refractivity contribution in [1.82, 2.24) is 0 Å². The lowest BCUT2D eigenvalue weighted by Crippen LogP contribution is -2.41. The van der Waals surface area contributed by atoms with Crippen LogP contribution in [0.15, 0.2) is 103 Å². The molecule has 172 valence electrons. The van der Waals surface area contributed by atoms with Crippen LogP contribution in [0.2, 0.25) is 0 Å². The molecule has 1 heterocycles. The van der Waals surface area contributed by atoms with Gasteiger partial charge in [0.2, 0.25) is 0 Å². The molecule has 1 aliphatic heterocycles. The van der Waals surface area contributed by atoms with E-state index in [4.69, 9.17) is 9.31 Å².